The van der Waals surface area contributed by atoms with Crippen molar-refractivity contribution < 1.29 is 14.3 Å². The van der Waals surface area contributed by atoms with Gasteiger partial charge in [-0.2, -0.15) is 26.5 Å². The Bertz CT molecular complexity index is 1320. The minimum absolute atomic E-state index is 0.223. The summed E-state index contributed by atoms with van der Waals surface area (Å²) in [4.78, 5) is 41.3. The van der Waals surface area contributed by atoms with Crippen molar-refractivity contribution in [1.82, 2.24) is 29.4 Å². The number of nitrogens with zero attached hydrogens (tertiary/aromatic N) is 5. The third-order valence-electron chi connectivity index (χ3n) is 4.37. The monoisotopic (exact) mass is 462 g/mol. The maximum atomic E-state index is 12.3. The molecule has 0 saturated heterocycles. The smallest absolute Gasteiger partial charge is 0.341 e. The summed E-state index contributed by atoms with van der Waals surface area (Å²) < 4.78 is 12.9. The van der Waals surface area contributed by atoms with Gasteiger partial charge in [-0.25, -0.2) is 14.9 Å². The highest BCUT2D eigenvalue weighted by molar-refractivity contribution is 7.98. The van der Waals surface area contributed by atoms with Gasteiger partial charge in [0.1, 0.15) is 16.3 Å². The van der Waals surface area contributed by atoms with Crippen LogP contribution in [0.5, 0.6) is 0 Å². The second-order valence-corrected chi connectivity index (χ2v) is 8.62. The zero-order valence-electron chi connectivity index (χ0n) is 16.7. The molecule has 11 nitrogen and oxygen atoms in total. The molecule has 162 valence electrons. The molecule has 0 atom stereocenters. The average Bonchev–Trinajstić information content (AvgIpc) is 3.34. The highest BCUT2D eigenvalue weighted by atomic mass is 32.2. The molecule has 0 amide bonds. The zero-order valence-corrected chi connectivity index (χ0v) is 18.3. The Kier molecular flexibility index (Phi) is 6.15. The summed E-state index contributed by atoms with van der Waals surface area (Å²) in [5.74, 6) is 0.643. The van der Waals surface area contributed by atoms with Crippen LogP contribution in [0.1, 0.15) is 21.1 Å². The summed E-state index contributed by atoms with van der Waals surface area (Å²) in [6.45, 7) is 0.864. The average molecular weight is 463 g/mol. The van der Waals surface area contributed by atoms with Crippen LogP contribution in [0.2, 0.25) is 0 Å². The van der Waals surface area contributed by atoms with Crippen LogP contribution in [-0.4, -0.2) is 55.3 Å². The molecule has 0 bridgehead atoms. The van der Waals surface area contributed by atoms with Crippen molar-refractivity contribution in [2.45, 2.75) is 18.9 Å². The van der Waals surface area contributed by atoms with Gasteiger partial charge in [-0.15, -0.1) is 0 Å². The Morgan fingerprint density at radius 2 is 2.13 bits per heavy atom. The summed E-state index contributed by atoms with van der Waals surface area (Å²) in [6, 6.07) is 1.47. The topological polar surface area (TPSA) is 133 Å². The fourth-order valence-corrected chi connectivity index (χ4v) is 4.71. The molecule has 13 heteroatoms. The Morgan fingerprint density at radius 3 is 2.90 bits per heavy atom. The number of methoxy groups -OCH3 is 2. The largest absolute Gasteiger partial charge is 0.465 e. The maximum Gasteiger partial charge on any atom is 0.341 e. The molecule has 0 fully saturated rings. The molecule has 0 spiro atoms. The minimum Gasteiger partial charge on any atom is -0.465 e. The summed E-state index contributed by atoms with van der Waals surface area (Å²) in [7, 11) is 2.85. The number of hydrogen-bond acceptors (Lipinski definition) is 10. The number of H-pyrrole nitrogens is 1. The molecule has 4 heterocycles. The van der Waals surface area contributed by atoms with Crippen LogP contribution in [0, 0.1) is 0 Å². The van der Waals surface area contributed by atoms with Gasteiger partial charge in [0.25, 0.3) is 11.1 Å². The molecule has 2 aromatic rings. The first-order valence-electron chi connectivity index (χ1n) is 9.12. The lowest BCUT2D eigenvalue weighted by Crippen LogP contribution is -2.15. The molecule has 2 aromatic heterocycles. The zero-order chi connectivity index (χ0) is 22.0. The number of ether oxygens (including phenoxy) is 2. The van der Waals surface area contributed by atoms with E-state index in [-0.39, 0.29) is 22.4 Å². The van der Waals surface area contributed by atoms with E-state index in [1.165, 1.54) is 29.0 Å². The number of carbonyl (C=O) groups is 1. The predicted molar refractivity (Wildman–Crippen MR) is 115 cm³/mol. The van der Waals surface area contributed by atoms with Gasteiger partial charge in [0.15, 0.2) is 0 Å². The van der Waals surface area contributed by atoms with E-state index in [1.54, 1.807) is 35.8 Å². The van der Waals surface area contributed by atoms with E-state index in [1.807, 2.05) is 0 Å². The van der Waals surface area contributed by atoms with Gasteiger partial charge >= 0.3 is 5.97 Å². The Balaban J connectivity index is 1.45. The van der Waals surface area contributed by atoms with Crippen molar-refractivity contribution in [3.8, 4) is 11.3 Å². The van der Waals surface area contributed by atoms with Crippen LogP contribution < -0.4 is 11.1 Å². The first-order chi connectivity index (χ1) is 15.0. The quantitative estimate of drug-likeness (QED) is 0.301. The van der Waals surface area contributed by atoms with Crippen molar-refractivity contribution in [1.29, 1.82) is 0 Å². The first-order valence-corrected chi connectivity index (χ1v) is 11.1. The fourth-order valence-electron chi connectivity index (χ4n) is 2.98. The molecule has 2 aliphatic heterocycles. The number of nitrogens with one attached hydrogen (secondary N) is 1. The van der Waals surface area contributed by atoms with Crippen molar-refractivity contribution >= 4 is 34.0 Å². The van der Waals surface area contributed by atoms with Gasteiger partial charge in [-0.1, -0.05) is 11.3 Å². The molecule has 0 radical (unpaired) electrons. The fraction of sp³-hybridized carbons (Fsp3) is 0.333. The number of pyridine rings is 1. The van der Waals surface area contributed by atoms with E-state index in [9.17, 15) is 14.4 Å². The predicted octanol–water partition coefficient (Wildman–Crippen LogP) is 1.01. The second-order valence-electron chi connectivity index (χ2n) is 6.48. The maximum absolute atomic E-state index is 12.3. The van der Waals surface area contributed by atoms with Crippen molar-refractivity contribution in [2.75, 3.05) is 20.0 Å². The van der Waals surface area contributed by atoms with E-state index < -0.39 is 5.97 Å². The number of thioether (sulfide) groups is 1. The Labute approximate surface area is 183 Å². The lowest BCUT2D eigenvalue weighted by Gasteiger charge is -2.11. The number of rotatable bonds is 8. The van der Waals surface area contributed by atoms with E-state index in [0.717, 1.165) is 0 Å². The van der Waals surface area contributed by atoms with Crippen LogP contribution in [-0.2, 0) is 28.4 Å². The molecule has 1 N–H and O–H groups in total. The highest BCUT2D eigenvalue weighted by Gasteiger charge is 2.21. The number of aromatic nitrogens is 6. The third kappa shape index (κ3) is 4.38. The van der Waals surface area contributed by atoms with E-state index in [4.69, 9.17) is 9.47 Å². The Morgan fingerprint density at radius 1 is 1.29 bits per heavy atom. The third-order valence-corrected chi connectivity index (χ3v) is 6.22. The van der Waals surface area contributed by atoms with Crippen LogP contribution in [0.15, 0.2) is 28.0 Å². The number of aryl methyl sites for hydroxylation is 1. The molecule has 0 saturated carbocycles. The number of hydrogen-bond donors (Lipinski definition) is 1. The molecule has 0 unspecified atom stereocenters. The van der Waals surface area contributed by atoms with Crippen molar-refractivity contribution in [2.24, 2.45) is 0 Å². The second kappa shape index (κ2) is 8.99. The summed E-state index contributed by atoms with van der Waals surface area (Å²) in [6.07, 6.45) is 3.26. The molecule has 0 aliphatic carbocycles. The van der Waals surface area contributed by atoms with Crippen molar-refractivity contribution in [3.63, 3.8) is 0 Å². The summed E-state index contributed by atoms with van der Waals surface area (Å²) in [5.41, 5.74) is 0.902. The Hall–Kier alpha value is -3.03. The molecule has 4 rings (SSSR count). The number of carbonyl (C=O) groups excluding carboxylic acids is 1. The molecule has 31 heavy (non-hydrogen) atoms. The number of esters is 1. The number of fused-ring (bicyclic) bond motifs is 2. The van der Waals surface area contributed by atoms with Crippen LogP contribution in [0.25, 0.3) is 16.2 Å². The van der Waals surface area contributed by atoms with Gasteiger partial charge in [0.2, 0.25) is 4.96 Å². The van der Waals surface area contributed by atoms with Crippen LogP contribution in [0.4, 0.5) is 0 Å². The lowest BCUT2D eigenvalue weighted by atomic mass is 10.1. The minimum atomic E-state index is -0.561. The summed E-state index contributed by atoms with van der Waals surface area (Å²) in [5, 5.41) is 11.1. The van der Waals surface area contributed by atoms with Gasteiger partial charge in [-0.05, 0) is 0 Å². The van der Waals surface area contributed by atoms with Crippen LogP contribution >= 0.6 is 23.1 Å². The van der Waals surface area contributed by atoms with Crippen molar-refractivity contribution in [3.05, 3.63) is 55.4 Å². The number of aromatic amines is 1. The normalized spacial score (nSPS) is 11.4. The molecular weight excluding hydrogens is 444 g/mol. The standard InChI is InChI=1S/C18H18N6O5S2/c1-28-8-13-22-24-14(25)5-10(19-18(24)31-13)9-30-4-3-23-6-11-15(20-21-16(11)26)12(7-23)17(27)29-2/h5-7H,3-4,8-9H2,1-2H3,(H,21,26). The SMILES string of the molecule is COCc1nn2c(=O)cc(CSCCn3cc(C(=O)OC)c4n[nH]c(=O)c-4c3)nc2s1. The molecular formula is C18H18N6O5S2. The van der Waals surface area contributed by atoms with Gasteiger partial charge in [-0.3, -0.25) is 9.59 Å². The first kappa shape index (κ1) is 21.2. The van der Waals surface area contributed by atoms with E-state index >= 15 is 0 Å². The van der Waals surface area contributed by atoms with Gasteiger partial charge < -0.3 is 14.0 Å². The molecule has 2 aliphatic rings. The van der Waals surface area contributed by atoms with Gasteiger partial charge in [0.05, 0.1) is 25.0 Å². The summed E-state index contributed by atoms with van der Waals surface area (Å²) >= 11 is 2.89. The highest BCUT2D eigenvalue weighted by Crippen LogP contribution is 2.21. The van der Waals surface area contributed by atoms with Gasteiger partial charge in [0, 0.05) is 43.6 Å². The van der Waals surface area contributed by atoms with Crippen LogP contribution in [0.3, 0.4) is 0 Å². The van der Waals surface area contributed by atoms with E-state index in [0.29, 0.717) is 45.9 Å². The molecule has 0 aromatic carbocycles. The van der Waals surface area contributed by atoms with E-state index in [2.05, 4.69) is 20.3 Å². The lowest BCUT2D eigenvalue weighted by molar-refractivity contribution is 0.0600.